The minimum absolute atomic E-state index is 0.0215. The van der Waals surface area contributed by atoms with Crippen molar-refractivity contribution in [2.75, 3.05) is 31.5 Å². The Morgan fingerprint density at radius 2 is 2.09 bits per heavy atom. The van der Waals surface area contributed by atoms with E-state index in [9.17, 15) is 14.4 Å². The molecule has 1 heterocycles. The first-order valence-corrected chi connectivity index (χ1v) is 7.11. The van der Waals surface area contributed by atoms with E-state index in [1.54, 1.807) is 11.0 Å². The molecule has 0 aliphatic carbocycles. The van der Waals surface area contributed by atoms with Crippen molar-refractivity contribution in [1.82, 2.24) is 15.5 Å². The van der Waals surface area contributed by atoms with E-state index in [4.69, 9.17) is 0 Å². The molecule has 1 fully saturated rings. The van der Waals surface area contributed by atoms with Crippen LogP contribution in [0.5, 0.6) is 0 Å². The summed E-state index contributed by atoms with van der Waals surface area (Å²) in [7, 11) is 0. The molecule has 0 radical (unpaired) electrons. The summed E-state index contributed by atoms with van der Waals surface area (Å²) >= 11 is 0. The summed E-state index contributed by atoms with van der Waals surface area (Å²) in [6, 6.07) is 5.06. The Hall–Kier alpha value is -2.41. The molecule has 1 aromatic rings. The summed E-state index contributed by atoms with van der Waals surface area (Å²) in [5, 5.41) is 7.59. The van der Waals surface area contributed by atoms with Crippen molar-refractivity contribution in [3.05, 3.63) is 29.3 Å². The predicted octanol–water partition coefficient (Wildman–Crippen LogP) is 0.383. The molecule has 0 bridgehead atoms. The van der Waals surface area contributed by atoms with Crippen molar-refractivity contribution in [2.45, 2.75) is 13.8 Å². The minimum Gasteiger partial charge on any atom is -0.354 e. The van der Waals surface area contributed by atoms with Gasteiger partial charge in [0.2, 0.25) is 11.8 Å². The van der Waals surface area contributed by atoms with Crippen LogP contribution in [0.3, 0.4) is 0 Å². The molecule has 2 rings (SSSR count). The number of carbonyl (C=O) groups excluding carboxylic acids is 3. The van der Waals surface area contributed by atoms with Crippen molar-refractivity contribution in [3.63, 3.8) is 0 Å². The summed E-state index contributed by atoms with van der Waals surface area (Å²) in [6.07, 6.45) is 0. The third-order valence-electron chi connectivity index (χ3n) is 3.37. The Morgan fingerprint density at radius 1 is 1.32 bits per heavy atom. The van der Waals surface area contributed by atoms with Crippen molar-refractivity contribution >= 4 is 23.5 Å². The minimum atomic E-state index is -0.571. The molecular formula is C15H20N4O3. The fraction of sp³-hybridized carbons (Fsp3) is 0.400. The van der Waals surface area contributed by atoms with Gasteiger partial charge >= 0.3 is 6.03 Å². The highest BCUT2D eigenvalue weighted by atomic mass is 16.2. The third-order valence-corrected chi connectivity index (χ3v) is 3.37. The van der Waals surface area contributed by atoms with E-state index in [2.05, 4.69) is 16.0 Å². The highest BCUT2D eigenvalue weighted by molar-refractivity contribution is 6.02. The van der Waals surface area contributed by atoms with Gasteiger partial charge in [-0.15, -0.1) is 0 Å². The lowest BCUT2D eigenvalue weighted by atomic mass is 10.1. The smallest absolute Gasteiger partial charge is 0.325 e. The number of carbonyl (C=O) groups is 3. The largest absolute Gasteiger partial charge is 0.354 e. The predicted molar refractivity (Wildman–Crippen MR) is 82.5 cm³/mol. The zero-order valence-electron chi connectivity index (χ0n) is 12.7. The molecule has 0 atom stereocenters. The SMILES string of the molecule is Cc1ccc(NC(=O)NC(=O)CN2CCNC(=O)C2)c(C)c1. The number of imide groups is 1. The highest BCUT2D eigenvalue weighted by Gasteiger charge is 2.19. The number of nitrogens with one attached hydrogen (secondary N) is 3. The molecular weight excluding hydrogens is 284 g/mol. The van der Waals surface area contributed by atoms with Crippen molar-refractivity contribution < 1.29 is 14.4 Å². The number of rotatable bonds is 3. The van der Waals surface area contributed by atoms with Gasteiger partial charge in [0.05, 0.1) is 13.1 Å². The second-order valence-corrected chi connectivity index (χ2v) is 5.38. The lowest BCUT2D eigenvalue weighted by molar-refractivity contribution is -0.126. The number of benzene rings is 1. The Balaban J connectivity index is 1.83. The highest BCUT2D eigenvalue weighted by Crippen LogP contribution is 2.15. The van der Waals surface area contributed by atoms with Crippen LogP contribution in [0.1, 0.15) is 11.1 Å². The Morgan fingerprint density at radius 3 is 2.77 bits per heavy atom. The zero-order valence-corrected chi connectivity index (χ0v) is 12.7. The summed E-state index contributed by atoms with van der Waals surface area (Å²) in [5.41, 5.74) is 2.69. The Labute approximate surface area is 129 Å². The number of piperazine rings is 1. The van der Waals surface area contributed by atoms with E-state index in [1.165, 1.54) is 0 Å². The van der Waals surface area contributed by atoms with Gasteiger partial charge in [-0.25, -0.2) is 4.79 Å². The zero-order chi connectivity index (χ0) is 16.1. The second kappa shape index (κ2) is 7.04. The maximum Gasteiger partial charge on any atom is 0.325 e. The second-order valence-electron chi connectivity index (χ2n) is 5.38. The molecule has 0 spiro atoms. The molecule has 1 saturated heterocycles. The van der Waals surface area contributed by atoms with Crippen molar-refractivity contribution in [2.24, 2.45) is 0 Å². The van der Waals surface area contributed by atoms with E-state index >= 15 is 0 Å². The topological polar surface area (TPSA) is 90.5 Å². The number of anilines is 1. The number of nitrogens with zero attached hydrogens (tertiary/aromatic N) is 1. The maximum absolute atomic E-state index is 11.8. The molecule has 1 aliphatic heterocycles. The number of urea groups is 1. The molecule has 7 heteroatoms. The van der Waals surface area contributed by atoms with Gasteiger partial charge < -0.3 is 10.6 Å². The standard InChI is InChI=1S/C15H20N4O3/c1-10-3-4-12(11(2)7-10)17-15(22)18-14(21)9-19-6-5-16-13(20)8-19/h3-4,7H,5-6,8-9H2,1-2H3,(H,16,20)(H2,17,18,21,22). The number of hydrogen-bond donors (Lipinski definition) is 3. The van der Waals surface area contributed by atoms with E-state index in [0.717, 1.165) is 11.1 Å². The normalized spacial score (nSPS) is 15.1. The van der Waals surface area contributed by atoms with E-state index in [1.807, 2.05) is 26.0 Å². The maximum atomic E-state index is 11.8. The third kappa shape index (κ3) is 4.56. The summed E-state index contributed by atoms with van der Waals surface area (Å²) in [6.45, 7) is 5.16. The lowest BCUT2D eigenvalue weighted by Gasteiger charge is -2.25. The van der Waals surface area contributed by atoms with Crippen molar-refractivity contribution in [3.8, 4) is 0 Å². The van der Waals surface area contributed by atoms with Crippen LogP contribution >= 0.6 is 0 Å². The molecule has 0 saturated carbocycles. The molecule has 1 aliphatic rings. The van der Waals surface area contributed by atoms with Crippen LogP contribution in [0.15, 0.2) is 18.2 Å². The lowest BCUT2D eigenvalue weighted by Crippen LogP contribution is -2.51. The molecule has 1 aromatic carbocycles. The van der Waals surface area contributed by atoms with Gasteiger partial charge in [-0.3, -0.25) is 19.8 Å². The average molecular weight is 304 g/mol. The average Bonchev–Trinajstić information content (AvgIpc) is 2.41. The molecule has 0 unspecified atom stereocenters. The van der Waals surface area contributed by atoms with Crippen LogP contribution in [0, 0.1) is 13.8 Å². The van der Waals surface area contributed by atoms with Crippen LogP contribution in [-0.4, -0.2) is 48.9 Å². The molecule has 118 valence electrons. The molecule has 0 aromatic heterocycles. The first-order chi connectivity index (χ1) is 10.4. The van der Waals surface area contributed by atoms with Gasteiger partial charge in [-0.1, -0.05) is 17.7 Å². The Bertz CT molecular complexity index is 600. The van der Waals surface area contributed by atoms with Crippen molar-refractivity contribution in [1.29, 1.82) is 0 Å². The van der Waals surface area contributed by atoms with Crippen LogP contribution in [-0.2, 0) is 9.59 Å². The number of hydrogen-bond acceptors (Lipinski definition) is 4. The number of aryl methyl sites for hydroxylation is 2. The summed E-state index contributed by atoms with van der Waals surface area (Å²) < 4.78 is 0. The van der Waals surface area contributed by atoms with Gasteiger partial charge in [-0.2, -0.15) is 0 Å². The van der Waals surface area contributed by atoms with E-state index < -0.39 is 11.9 Å². The van der Waals surface area contributed by atoms with Gasteiger partial charge in [0.15, 0.2) is 0 Å². The van der Waals surface area contributed by atoms with Gasteiger partial charge in [0, 0.05) is 18.8 Å². The first-order valence-electron chi connectivity index (χ1n) is 7.11. The summed E-state index contributed by atoms with van der Waals surface area (Å²) in [4.78, 5) is 36.6. The monoisotopic (exact) mass is 304 g/mol. The molecule has 22 heavy (non-hydrogen) atoms. The molecule has 4 amide bonds. The van der Waals surface area contributed by atoms with E-state index in [-0.39, 0.29) is 19.0 Å². The summed E-state index contributed by atoms with van der Waals surface area (Å²) in [5.74, 6) is -0.546. The fourth-order valence-electron chi connectivity index (χ4n) is 2.30. The fourth-order valence-corrected chi connectivity index (χ4v) is 2.30. The van der Waals surface area contributed by atoms with Crippen LogP contribution < -0.4 is 16.0 Å². The molecule has 3 N–H and O–H groups in total. The Kier molecular flexibility index (Phi) is 5.11. The van der Waals surface area contributed by atoms with Gasteiger partial charge in [0.1, 0.15) is 0 Å². The number of amides is 4. The van der Waals surface area contributed by atoms with Gasteiger partial charge in [0.25, 0.3) is 0 Å². The van der Waals surface area contributed by atoms with E-state index in [0.29, 0.717) is 18.8 Å². The molecule has 7 nitrogen and oxygen atoms in total. The van der Waals surface area contributed by atoms with Crippen LogP contribution in [0.25, 0.3) is 0 Å². The van der Waals surface area contributed by atoms with Gasteiger partial charge in [-0.05, 0) is 25.5 Å². The quantitative estimate of drug-likeness (QED) is 0.753. The first kappa shape index (κ1) is 16.0. The van der Waals surface area contributed by atoms with Crippen LogP contribution in [0.4, 0.5) is 10.5 Å². The van der Waals surface area contributed by atoms with Crippen LogP contribution in [0.2, 0.25) is 0 Å².